The molecule has 22 heavy (non-hydrogen) atoms. The predicted octanol–water partition coefficient (Wildman–Crippen LogP) is 3.89. The summed E-state index contributed by atoms with van der Waals surface area (Å²) in [4.78, 5) is 10.8. The Hall–Kier alpha value is -3.01. The Morgan fingerprint density at radius 1 is 1.00 bits per heavy atom. The average Bonchev–Trinajstić information content (AvgIpc) is 3.03. The van der Waals surface area contributed by atoms with E-state index in [0.717, 1.165) is 29.0 Å². The molecule has 0 spiro atoms. The van der Waals surface area contributed by atoms with Crippen LogP contribution >= 0.6 is 0 Å². The van der Waals surface area contributed by atoms with Crippen LogP contribution in [0.25, 0.3) is 0 Å². The van der Waals surface area contributed by atoms with Gasteiger partial charge >= 0.3 is 0 Å². The molecule has 1 aliphatic rings. The average molecular weight is 293 g/mol. The first-order chi connectivity index (χ1) is 10.8. The highest BCUT2D eigenvalue weighted by Crippen LogP contribution is 2.23. The maximum Gasteiger partial charge on any atom is 0.179 e. The van der Waals surface area contributed by atoms with Crippen molar-refractivity contribution in [3.8, 4) is 11.5 Å². The minimum Gasteiger partial charge on any atom is -0.486 e. The lowest BCUT2D eigenvalue weighted by atomic mass is 10.2. The summed E-state index contributed by atoms with van der Waals surface area (Å²) in [5.41, 5.74) is 1.69. The van der Waals surface area contributed by atoms with Crippen molar-refractivity contribution in [2.24, 2.45) is 0 Å². The second-order valence-corrected chi connectivity index (χ2v) is 4.72. The van der Waals surface area contributed by atoms with Gasteiger partial charge in [0.25, 0.3) is 0 Å². The minimum atomic E-state index is -0.520. The van der Waals surface area contributed by atoms with Crippen LogP contribution in [0.3, 0.4) is 0 Å². The number of rotatable bonds is 5. The Morgan fingerprint density at radius 2 is 1.73 bits per heavy atom. The van der Waals surface area contributed by atoms with Crippen LogP contribution in [0.15, 0.2) is 78.7 Å². The van der Waals surface area contributed by atoms with Crippen molar-refractivity contribution in [3.05, 3.63) is 78.7 Å². The number of hydrogen-bond acceptors (Lipinski definition) is 4. The summed E-state index contributed by atoms with van der Waals surface area (Å²) in [6, 6.07) is 17.2. The number of hydrogen-bond donors (Lipinski definition) is 1. The van der Waals surface area contributed by atoms with Gasteiger partial charge in [0, 0.05) is 17.5 Å². The predicted molar refractivity (Wildman–Crippen MR) is 84.7 cm³/mol. The van der Waals surface area contributed by atoms with E-state index in [4.69, 9.17) is 9.47 Å². The molecule has 1 aliphatic heterocycles. The third kappa shape index (κ3) is 3.35. The summed E-state index contributed by atoms with van der Waals surface area (Å²) in [7, 11) is 0. The number of carbonyl (C=O) groups is 1. The first kappa shape index (κ1) is 13.9. The summed E-state index contributed by atoms with van der Waals surface area (Å²) in [5, 5.41) is 3.13. The largest absolute Gasteiger partial charge is 0.486 e. The quantitative estimate of drug-likeness (QED) is 0.850. The van der Waals surface area contributed by atoms with Gasteiger partial charge in [0.15, 0.2) is 12.4 Å². The molecule has 1 atom stereocenters. The highest BCUT2D eigenvalue weighted by Gasteiger charge is 2.15. The third-order valence-electron chi connectivity index (χ3n) is 3.18. The van der Waals surface area contributed by atoms with Crippen LogP contribution in [0.1, 0.15) is 0 Å². The van der Waals surface area contributed by atoms with E-state index < -0.39 is 6.10 Å². The molecule has 0 saturated carbocycles. The van der Waals surface area contributed by atoms with Crippen LogP contribution in [-0.2, 0) is 9.53 Å². The van der Waals surface area contributed by atoms with Gasteiger partial charge in [-0.25, -0.2) is 0 Å². The van der Waals surface area contributed by atoms with Gasteiger partial charge in [-0.05, 0) is 42.5 Å². The fourth-order valence-electron chi connectivity index (χ4n) is 2.03. The number of ether oxygens (including phenoxy) is 2. The maximum atomic E-state index is 10.8. The molecular weight excluding hydrogens is 278 g/mol. The molecule has 1 unspecified atom stereocenters. The molecule has 0 amide bonds. The molecule has 110 valence electrons. The zero-order valence-corrected chi connectivity index (χ0v) is 11.8. The van der Waals surface area contributed by atoms with E-state index >= 15 is 0 Å². The fourth-order valence-corrected chi connectivity index (χ4v) is 2.03. The topological polar surface area (TPSA) is 47.6 Å². The lowest BCUT2D eigenvalue weighted by Crippen LogP contribution is -2.09. The van der Waals surface area contributed by atoms with E-state index in [0.29, 0.717) is 0 Å². The highest BCUT2D eigenvalue weighted by atomic mass is 16.5. The second-order valence-electron chi connectivity index (χ2n) is 4.72. The summed E-state index contributed by atoms with van der Waals surface area (Å²) < 4.78 is 10.8. The van der Waals surface area contributed by atoms with Crippen molar-refractivity contribution in [2.75, 3.05) is 5.32 Å². The number of benzene rings is 2. The molecule has 2 aromatic carbocycles. The SMILES string of the molecule is O=CC1OC=CC1=CNc1ccc(Oc2ccccc2)cc1. The first-order valence-electron chi connectivity index (χ1n) is 6.92. The summed E-state index contributed by atoms with van der Waals surface area (Å²) >= 11 is 0. The zero-order valence-electron chi connectivity index (χ0n) is 11.8. The van der Waals surface area contributed by atoms with Crippen LogP contribution in [0, 0.1) is 0 Å². The van der Waals surface area contributed by atoms with Gasteiger partial charge in [-0.2, -0.15) is 0 Å². The molecular formula is C18H15NO3. The van der Waals surface area contributed by atoms with Crippen LogP contribution in [0.5, 0.6) is 11.5 Å². The summed E-state index contributed by atoms with van der Waals surface area (Å²) in [6.07, 6.45) is 5.29. The lowest BCUT2D eigenvalue weighted by Gasteiger charge is -2.08. The third-order valence-corrected chi connectivity index (χ3v) is 3.18. The van der Waals surface area contributed by atoms with Crippen molar-refractivity contribution >= 4 is 12.0 Å². The molecule has 1 heterocycles. The van der Waals surface area contributed by atoms with E-state index in [1.807, 2.05) is 54.6 Å². The molecule has 0 saturated heterocycles. The lowest BCUT2D eigenvalue weighted by molar-refractivity contribution is -0.113. The normalized spacial score (nSPS) is 18.0. The Kier molecular flexibility index (Phi) is 4.20. The van der Waals surface area contributed by atoms with Crippen molar-refractivity contribution in [1.82, 2.24) is 0 Å². The van der Waals surface area contributed by atoms with Crippen LogP contribution in [0.4, 0.5) is 5.69 Å². The molecule has 3 rings (SSSR count). The van der Waals surface area contributed by atoms with E-state index in [-0.39, 0.29) is 0 Å². The first-order valence-corrected chi connectivity index (χ1v) is 6.92. The monoisotopic (exact) mass is 293 g/mol. The molecule has 1 N–H and O–H groups in total. The van der Waals surface area contributed by atoms with Crippen molar-refractivity contribution in [2.45, 2.75) is 6.10 Å². The molecule has 0 fully saturated rings. The Labute approximate surface area is 128 Å². The summed E-state index contributed by atoms with van der Waals surface area (Å²) in [5.74, 6) is 1.56. The molecule has 0 radical (unpaired) electrons. The van der Waals surface area contributed by atoms with E-state index in [9.17, 15) is 4.79 Å². The zero-order chi connectivity index (χ0) is 15.2. The van der Waals surface area contributed by atoms with E-state index in [2.05, 4.69) is 5.32 Å². The minimum absolute atomic E-state index is 0.520. The van der Waals surface area contributed by atoms with Crippen molar-refractivity contribution in [3.63, 3.8) is 0 Å². The van der Waals surface area contributed by atoms with Gasteiger partial charge in [-0.15, -0.1) is 0 Å². The molecule has 0 aliphatic carbocycles. The van der Waals surface area contributed by atoms with Crippen LogP contribution in [-0.4, -0.2) is 12.4 Å². The number of para-hydroxylation sites is 1. The van der Waals surface area contributed by atoms with Gasteiger partial charge in [0.1, 0.15) is 11.5 Å². The van der Waals surface area contributed by atoms with Gasteiger partial charge in [0.05, 0.1) is 6.26 Å². The molecule has 4 heteroatoms. The summed E-state index contributed by atoms with van der Waals surface area (Å²) in [6.45, 7) is 0. The molecule has 0 bridgehead atoms. The van der Waals surface area contributed by atoms with E-state index in [1.54, 1.807) is 12.3 Å². The van der Waals surface area contributed by atoms with Crippen molar-refractivity contribution in [1.29, 1.82) is 0 Å². The van der Waals surface area contributed by atoms with Gasteiger partial charge in [0.2, 0.25) is 0 Å². The van der Waals surface area contributed by atoms with E-state index in [1.165, 1.54) is 6.26 Å². The Balaban J connectivity index is 1.63. The van der Waals surface area contributed by atoms with Gasteiger partial charge < -0.3 is 14.8 Å². The van der Waals surface area contributed by atoms with Crippen molar-refractivity contribution < 1.29 is 14.3 Å². The Bertz CT molecular complexity index is 690. The van der Waals surface area contributed by atoms with Gasteiger partial charge in [-0.3, -0.25) is 4.79 Å². The fraction of sp³-hybridized carbons (Fsp3) is 0.0556. The van der Waals surface area contributed by atoms with Crippen LogP contribution in [0.2, 0.25) is 0 Å². The van der Waals surface area contributed by atoms with Gasteiger partial charge in [-0.1, -0.05) is 18.2 Å². The molecule has 0 aromatic heterocycles. The van der Waals surface area contributed by atoms with Crippen LogP contribution < -0.4 is 10.1 Å². The molecule has 4 nitrogen and oxygen atoms in total. The highest BCUT2D eigenvalue weighted by molar-refractivity contribution is 5.65. The maximum absolute atomic E-state index is 10.8. The Morgan fingerprint density at radius 3 is 2.45 bits per heavy atom. The smallest absolute Gasteiger partial charge is 0.179 e. The second kappa shape index (κ2) is 6.63. The number of anilines is 1. The number of carbonyl (C=O) groups excluding carboxylic acids is 1. The number of nitrogens with one attached hydrogen (secondary N) is 1. The number of aldehydes is 1. The molecule has 2 aromatic rings. The standard InChI is InChI=1S/C18H15NO3/c20-13-18-14(10-11-21-18)12-19-15-6-8-17(9-7-15)22-16-4-2-1-3-5-16/h1-13,18-19H.